The second-order valence-corrected chi connectivity index (χ2v) is 6.51. The highest BCUT2D eigenvalue weighted by molar-refractivity contribution is 6.02. The Morgan fingerprint density at radius 1 is 1.29 bits per heavy atom. The zero-order valence-electron chi connectivity index (χ0n) is 14.9. The molecule has 1 fully saturated rings. The first-order valence-electron chi connectivity index (χ1n) is 8.76. The first-order chi connectivity index (χ1) is 13.4. The second-order valence-electron chi connectivity index (χ2n) is 6.51. The van der Waals surface area contributed by atoms with Crippen LogP contribution >= 0.6 is 0 Å². The van der Waals surface area contributed by atoms with Gasteiger partial charge in [0, 0.05) is 37.3 Å². The molecule has 0 radical (unpaired) electrons. The fourth-order valence-corrected chi connectivity index (χ4v) is 3.14. The predicted octanol–water partition coefficient (Wildman–Crippen LogP) is 2.63. The molecule has 2 aromatic rings. The molecule has 1 aliphatic rings. The van der Waals surface area contributed by atoms with Crippen LogP contribution in [0.5, 0.6) is 0 Å². The third-order valence-corrected chi connectivity index (χ3v) is 4.61. The SMILES string of the molecule is N#C[C@@H]1CC(F)(F)CCN1C(=O)CNC(=O)c1ccncc1-c1ccccc1. The number of rotatable bonds is 4. The van der Waals surface area contributed by atoms with Crippen LogP contribution in [0.3, 0.4) is 0 Å². The van der Waals surface area contributed by atoms with Gasteiger partial charge >= 0.3 is 0 Å². The normalized spacial score (nSPS) is 18.2. The summed E-state index contributed by atoms with van der Waals surface area (Å²) >= 11 is 0. The Labute approximate surface area is 160 Å². The van der Waals surface area contributed by atoms with Crippen LogP contribution < -0.4 is 5.32 Å². The summed E-state index contributed by atoms with van der Waals surface area (Å²) < 4.78 is 26.9. The maximum absolute atomic E-state index is 13.5. The summed E-state index contributed by atoms with van der Waals surface area (Å²) in [6, 6.07) is 11.3. The maximum atomic E-state index is 13.5. The van der Waals surface area contributed by atoms with Gasteiger partial charge in [0.2, 0.25) is 5.91 Å². The van der Waals surface area contributed by atoms with Gasteiger partial charge < -0.3 is 10.2 Å². The minimum Gasteiger partial charge on any atom is -0.343 e. The van der Waals surface area contributed by atoms with Gasteiger partial charge in [-0.25, -0.2) is 8.78 Å². The Morgan fingerprint density at radius 2 is 2.04 bits per heavy atom. The highest BCUT2D eigenvalue weighted by Crippen LogP contribution is 2.31. The van der Waals surface area contributed by atoms with E-state index in [1.54, 1.807) is 18.3 Å². The molecule has 0 spiro atoms. The summed E-state index contributed by atoms with van der Waals surface area (Å²) in [5, 5.41) is 11.6. The van der Waals surface area contributed by atoms with Crippen LogP contribution in [0.15, 0.2) is 48.8 Å². The number of halogens is 2. The zero-order chi connectivity index (χ0) is 20.1. The van der Waals surface area contributed by atoms with Gasteiger partial charge in [-0.1, -0.05) is 30.3 Å². The van der Waals surface area contributed by atoms with Gasteiger partial charge in [-0.2, -0.15) is 5.26 Å². The van der Waals surface area contributed by atoms with Crippen LogP contribution in [0.1, 0.15) is 23.2 Å². The number of nitrogens with one attached hydrogen (secondary N) is 1. The summed E-state index contributed by atoms with van der Waals surface area (Å²) in [6.07, 6.45) is 1.85. The van der Waals surface area contributed by atoms with Crippen LogP contribution in [0.2, 0.25) is 0 Å². The molecule has 28 heavy (non-hydrogen) atoms. The standard InChI is InChI=1S/C20H18F2N4O2/c21-20(22)7-9-26(15(10-20)11-23)18(27)13-25-19(28)16-6-8-24-12-17(16)14-4-2-1-3-5-14/h1-6,8,12,15H,7,9-10,13H2,(H,25,28)/t15-/m0/s1. The number of alkyl halides is 2. The topological polar surface area (TPSA) is 86.1 Å². The first kappa shape index (κ1) is 19.4. The van der Waals surface area contributed by atoms with Gasteiger partial charge in [0.05, 0.1) is 18.2 Å². The van der Waals surface area contributed by atoms with Gasteiger partial charge in [0.15, 0.2) is 0 Å². The highest BCUT2D eigenvalue weighted by atomic mass is 19.3. The number of nitriles is 1. The minimum atomic E-state index is -2.96. The molecule has 0 bridgehead atoms. The number of aromatic nitrogens is 1. The van der Waals surface area contributed by atoms with Gasteiger partial charge in [-0.3, -0.25) is 14.6 Å². The van der Waals surface area contributed by atoms with Gasteiger partial charge in [-0.15, -0.1) is 0 Å². The van der Waals surface area contributed by atoms with Crippen molar-refractivity contribution in [2.45, 2.75) is 24.8 Å². The molecule has 3 rings (SSSR count). The maximum Gasteiger partial charge on any atom is 0.252 e. The molecule has 0 unspecified atom stereocenters. The summed E-state index contributed by atoms with van der Waals surface area (Å²) in [6.45, 7) is -0.594. The number of hydrogen-bond acceptors (Lipinski definition) is 4. The van der Waals surface area contributed by atoms with E-state index >= 15 is 0 Å². The van der Waals surface area contributed by atoms with E-state index in [-0.39, 0.29) is 13.1 Å². The van der Waals surface area contributed by atoms with Gasteiger partial charge in [0.1, 0.15) is 6.04 Å². The monoisotopic (exact) mass is 384 g/mol. The minimum absolute atomic E-state index is 0.218. The number of piperidine rings is 1. The van der Waals surface area contributed by atoms with Gasteiger partial charge in [-0.05, 0) is 11.6 Å². The Bertz CT molecular complexity index is 912. The Kier molecular flexibility index (Phi) is 5.64. The molecular formula is C20H18F2N4O2. The quantitative estimate of drug-likeness (QED) is 0.878. The van der Waals surface area contributed by atoms with E-state index in [9.17, 15) is 18.4 Å². The fraction of sp³-hybridized carbons (Fsp3) is 0.300. The largest absolute Gasteiger partial charge is 0.343 e. The van der Waals surface area contributed by atoms with Crippen LogP contribution in [-0.2, 0) is 4.79 Å². The van der Waals surface area contributed by atoms with Crippen molar-refractivity contribution in [2.75, 3.05) is 13.1 Å². The molecule has 0 aliphatic carbocycles. The average Bonchev–Trinajstić information content (AvgIpc) is 2.71. The van der Waals surface area contributed by atoms with Crippen molar-refractivity contribution in [1.82, 2.24) is 15.2 Å². The lowest BCUT2D eigenvalue weighted by Crippen LogP contribution is -2.51. The molecule has 1 aliphatic heterocycles. The second kappa shape index (κ2) is 8.13. The molecule has 1 aromatic heterocycles. The fourth-order valence-electron chi connectivity index (χ4n) is 3.14. The molecule has 1 N–H and O–H groups in total. The van der Waals surface area contributed by atoms with Crippen molar-refractivity contribution in [3.8, 4) is 17.2 Å². The van der Waals surface area contributed by atoms with E-state index in [4.69, 9.17) is 5.26 Å². The molecule has 2 heterocycles. The molecule has 1 saturated heterocycles. The number of carbonyl (C=O) groups is 2. The van der Waals surface area contributed by atoms with Crippen molar-refractivity contribution in [3.63, 3.8) is 0 Å². The number of likely N-dealkylation sites (tertiary alicyclic amines) is 1. The summed E-state index contributed by atoms with van der Waals surface area (Å²) in [5.74, 6) is -4.00. The summed E-state index contributed by atoms with van der Waals surface area (Å²) in [7, 11) is 0. The average molecular weight is 384 g/mol. The van der Waals surface area contributed by atoms with Crippen molar-refractivity contribution in [3.05, 3.63) is 54.4 Å². The van der Waals surface area contributed by atoms with E-state index in [1.807, 2.05) is 30.3 Å². The Balaban J connectivity index is 1.68. The third-order valence-electron chi connectivity index (χ3n) is 4.61. The molecular weight excluding hydrogens is 366 g/mol. The van der Waals surface area contributed by atoms with Crippen molar-refractivity contribution in [2.24, 2.45) is 0 Å². The van der Waals surface area contributed by atoms with Gasteiger partial charge in [0.25, 0.3) is 11.8 Å². The Hall–Kier alpha value is -3.34. The van der Waals surface area contributed by atoms with Crippen LogP contribution in [0, 0.1) is 11.3 Å². The van der Waals surface area contributed by atoms with E-state index in [0.717, 1.165) is 10.5 Å². The van der Waals surface area contributed by atoms with E-state index < -0.39 is 36.6 Å². The van der Waals surface area contributed by atoms with E-state index in [2.05, 4.69) is 10.3 Å². The highest BCUT2D eigenvalue weighted by Gasteiger charge is 2.42. The lowest BCUT2D eigenvalue weighted by atomic mass is 9.99. The number of nitrogens with zero attached hydrogens (tertiary/aromatic N) is 3. The number of pyridine rings is 1. The molecule has 6 nitrogen and oxygen atoms in total. The van der Waals surface area contributed by atoms with Crippen molar-refractivity contribution < 1.29 is 18.4 Å². The molecule has 8 heteroatoms. The van der Waals surface area contributed by atoms with Crippen molar-refractivity contribution in [1.29, 1.82) is 5.26 Å². The summed E-state index contributed by atoms with van der Waals surface area (Å²) in [5.41, 5.74) is 1.76. The zero-order valence-corrected chi connectivity index (χ0v) is 14.9. The number of hydrogen-bond donors (Lipinski definition) is 1. The van der Waals surface area contributed by atoms with Crippen LogP contribution in [-0.4, -0.2) is 46.8 Å². The van der Waals surface area contributed by atoms with Crippen LogP contribution in [0.4, 0.5) is 8.78 Å². The molecule has 0 saturated carbocycles. The summed E-state index contributed by atoms with van der Waals surface area (Å²) in [4.78, 5) is 30.1. The first-order valence-corrected chi connectivity index (χ1v) is 8.76. The molecule has 1 atom stereocenters. The van der Waals surface area contributed by atoms with E-state index in [0.29, 0.717) is 11.1 Å². The molecule has 1 aromatic carbocycles. The van der Waals surface area contributed by atoms with Crippen molar-refractivity contribution >= 4 is 11.8 Å². The number of amides is 2. The van der Waals surface area contributed by atoms with E-state index in [1.165, 1.54) is 6.20 Å². The lowest BCUT2D eigenvalue weighted by molar-refractivity contribution is -0.139. The number of carbonyl (C=O) groups excluding carboxylic acids is 2. The predicted molar refractivity (Wildman–Crippen MR) is 97.3 cm³/mol. The third kappa shape index (κ3) is 4.31. The number of benzene rings is 1. The van der Waals surface area contributed by atoms with Crippen LogP contribution in [0.25, 0.3) is 11.1 Å². The lowest BCUT2D eigenvalue weighted by Gasteiger charge is -2.35. The Morgan fingerprint density at radius 3 is 2.75 bits per heavy atom. The molecule has 2 amide bonds. The molecule has 144 valence electrons. The smallest absolute Gasteiger partial charge is 0.252 e.